The summed E-state index contributed by atoms with van der Waals surface area (Å²) in [6.45, 7) is 5.98. The van der Waals surface area contributed by atoms with E-state index in [2.05, 4.69) is 0 Å². The highest BCUT2D eigenvalue weighted by Crippen LogP contribution is 2.24. The Balaban J connectivity index is 2.64. The van der Waals surface area contributed by atoms with Crippen molar-refractivity contribution in [3.05, 3.63) is 0 Å². The molecule has 1 aliphatic rings. The Morgan fingerprint density at radius 2 is 2.00 bits per heavy atom. The minimum Gasteiger partial charge on any atom is -0.444 e. The summed E-state index contributed by atoms with van der Waals surface area (Å²) in [5, 5.41) is 10.2. The van der Waals surface area contributed by atoms with E-state index < -0.39 is 17.8 Å². The van der Waals surface area contributed by atoms with Gasteiger partial charge < -0.3 is 19.6 Å². The Bertz CT molecular complexity index is 363. The van der Waals surface area contributed by atoms with Crippen LogP contribution in [0.4, 0.5) is 4.79 Å². The SMILES string of the molecule is CN(C)C(=O)C[C@H](O)[C@H]1CCCN1C(=O)OC(C)(C)C. The van der Waals surface area contributed by atoms with Crippen molar-refractivity contribution in [2.24, 2.45) is 0 Å². The highest BCUT2D eigenvalue weighted by molar-refractivity contribution is 5.76. The van der Waals surface area contributed by atoms with Crippen LogP contribution in [0.1, 0.15) is 40.0 Å². The standard InChI is InChI=1S/C14H26N2O4/c1-14(2,3)20-13(19)16-8-6-7-10(16)11(17)9-12(18)15(4)5/h10-11,17H,6-9H2,1-5H3/t10-,11+/m1/s1. The van der Waals surface area contributed by atoms with Gasteiger partial charge in [-0.15, -0.1) is 0 Å². The fraction of sp³-hybridized carbons (Fsp3) is 0.857. The van der Waals surface area contributed by atoms with Gasteiger partial charge in [0.25, 0.3) is 0 Å². The first-order chi connectivity index (χ1) is 9.11. The smallest absolute Gasteiger partial charge is 0.410 e. The molecule has 0 spiro atoms. The molecule has 1 aliphatic heterocycles. The summed E-state index contributed by atoms with van der Waals surface area (Å²) in [5.41, 5.74) is -0.561. The molecule has 2 atom stereocenters. The first-order valence-corrected chi connectivity index (χ1v) is 6.99. The molecule has 0 unspecified atom stereocenters. The molecular formula is C14H26N2O4. The van der Waals surface area contributed by atoms with E-state index >= 15 is 0 Å². The van der Waals surface area contributed by atoms with E-state index in [0.717, 1.165) is 6.42 Å². The zero-order chi connectivity index (χ0) is 15.5. The topological polar surface area (TPSA) is 70.1 Å². The number of carbonyl (C=O) groups is 2. The number of nitrogens with zero attached hydrogens (tertiary/aromatic N) is 2. The molecule has 6 heteroatoms. The van der Waals surface area contributed by atoms with Gasteiger partial charge in [-0.25, -0.2) is 4.79 Å². The third kappa shape index (κ3) is 4.67. The van der Waals surface area contributed by atoms with E-state index in [1.165, 1.54) is 4.90 Å². The van der Waals surface area contributed by atoms with E-state index in [0.29, 0.717) is 13.0 Å². The predicted molar refractivity (Wildman–Crippen MR) is 75.3 cm³/mol. The van der Waals surface area contributed by atoms with Crippen molar-refractivity contribution in [1.82, 2.24) is 9.80 Å². The molecule has 1 saturated heterocycles. The van der Waals surface area contributed by atoms with Gasteiger partial charge >= 0.3 is 6.09 Å². The lowest BCUT2D eigenvalue weighted by molar-refractivity contribution is -0.131. The number of ether oxygens (including phenoxy) is 1. The average Bonchev–Trinajstić information content (AvgIpc) is 2.74. The fourth-order valence-corrected chi connectivity index (χ4v) is 2.24. The van der Waals surface area contributed by atoms with Gasteiger partial charge in [0.1, 0.15) is 5.60 Å². The van der Waals surface area contributed by atoms with Crippen molar-refractivity contribution >= 4 is 12.0 Å². The molecule has 0 bridgehead atoms. The molecule has 0 aromatic heterocycles. The van der Waals surface area contributed by atoms with Crippen LogP contribution in [-0.2, 0) is 9.53 Å². The maximum atomic E-state index is 12.1. The van der Waals surface area contributed by atoms with Crippen LogP contribution in [0.15, 0.2) is 0 Å². The Morgan fingerprint density at radius 3 is 2.50 bits per heavy atom. The van der Waals surface area contributed by atoms with Crippen LogP contribution in [0.5, 0.6) is 0 Å². The number of aliphatic hydroxyl groups excluding tert-OH is 1. The number of hydrogen-bond acceptors (Lipinski definition) is 4. The number of hydrogen-bond donors (Lipinski definition) is 1. The summed E-state index contributed by atoms with van der Waals surface area (Å²) in [7, 11) is 3.30. The van der Waals surface area contributed by atoms with Crippen molar-refractivity contribution in [1.29, 1.82) is 0 Å². The Hall–Kier alpha value is -1.30. The number of rotatable bonds is 3. The molecule has 1 heterocycles. The molecule has 1 fully saturated rings. The fourth-order valence-electron chi connectivity index (χ4n) is 2.24. The highest BCUT2D eigenvalue weighted by atomic mass is 16.6. The lowest BCUT2D eigenvalue weighted by atomic mass is 10.1. The molecular weight excluding hydrogens is 260 g/mol. The molecule has 6 nitrogen and oxygen atoms in total. The Kier molecular flexibility index (Phi) is 5.39. The van der Waals surface area contributed by atoms with Crippen molar-refractivity contribution in [3.8, 4) is 0 Å². The van der Waals surface area contributed by atoms with Crippen LogP contribution in [0.3, 0.4) is 0 Å². The minimum absolute atomic E-state index is 0.0248. The molecule has 116 valence electrons. The monoisotopic (exact) mass is 286 g/mol. The second-order valence-corrected chi connectivity index (χ2v) is 6.44. The zero-order valence-electron chi connectivity index (χ0n) is 13.0. The minimum atomic E-state index is -0.847. The van der Waals surface area contributed by atoms with Gasteiger partial charge in [0.2, 0.25) is 5.91 Å². The molecule has 20 heavy (non-hydrogen) atoms. The van der Waals surface area contributed by atoms with Gasteiger partial charge in [0.15, 0.2) is 0 Å². The highest BCUT2D eigenvalue weighted by Gasteiger charge is 2.37. The van der Waals surface area contributed by atoms with Gasteiger partial charge in [0, 0.05) is 20.6 Å². The second kappa shape index (κ2) is 6.43. The summed E-state index contributed by atoms with van der Waals surface area (Å²) in [5.74, 6) is -0.145. The van der Waals surface area contributed by atoms with E-state index in [9.17, 15) is 14.7 Å². The summed E-state index contributed by atoms with van der Waals surface area (Å²) >= 11 is 0. The van der Waals surface area contributed by atoms with E-state index in [-0.39, 0.29) is 18.4 Å². The second-order valence-electron chi connectivity index (χ2n) is 6.44. The van der Waals surface area contributed by atoms with Crippen LogP contribution >= 0.6 is 0 Å². The molecule has 0 saturated carbocycles. The Morgan fingerprint density at radius 1 is 1.40 bits per heavy atom. The first kappa shape index (κ1) is 16.8. The maximum Gasteiger partial charge on any atom is 0.410 e. The van der Waals surface area contributed by atoms with Gasteiger partial charge in [-0.1, -0.05) is 0 Å². The normalized spacial score (nSPS) is 20.7. The number of aliphatic hydroxyl groups is 1. The largest absolute Gasteiger partial charge is 0.444 e. The molecule has 1 rings (SSSR count). The third-order valence-corrected chi connectivity index (χ3v) is 3.25. The number of carbonyl (C=O) groups excluding carboxylic acids is 2. The third-order valence-electron chi connectivity index (χ3n) is 3.25. The number of amides is 2. The van der Waals surface area contributed by atoms with Gasteiger partial charge in [-0.3, -0.25) is 4.79 Å². The molecule has 1 N–H and O–H groups in total. The van der Waals surface area contributed by atoms with Crippen molar-refractivity contribution in [2.45, 2.75) is 57.8 Å². The molecule has 2 amide bonds. The van der Waals surface area contributed by atoms with Crippen molar-refractivity contribution in [3.63, 3.8) is 0 Å². The molecule has 0 aliphatic carbocycles. The lowest BCUT2D eigenvalue weighted by Crippen LogP contribution is -2.46. The zero-order valence-corrected chi connectivity index (χ0v) is 13.0. The van der Waals surface area contributed by atoms with Crippen LogP contribution in [0.25, 0.3) is 0 Å². The van der Waals surface area contributed by atoms with Gasteiger partial charge in [-0.05, 0) is 33.6 Å². The summed E-state index contributed by atoms with van der Waals surface area (Å²) in [6.07, 6.45) is 0.270. The summed E-state index contributed by atoms with van der Waals surface area (Å²) in [4.78, 5) is 26.7. The van der Waals surface area contributed by atoms with Crippen LogP contribution in [-0.4, -0.2) is 65.3 Å². The van der Waals surface area contributed by atoms with E-state index in [1.54, 1.807) is 19.0 Å². The Labute approximate surface area is 120 Å². The van der Waals surface area contributed by atoms with Gasteiger partial charge in [-0.2, -0.15) is 0 Å². The molecule has 0 aromatic carbocycles. The van der Waals surface area contributed by atoms with E-state index in [1.807, 2.05) is 20.8 Å². The first-order valence-electron chi connectivity index (χ1n) is 6.99. The number of likely N-dealkylation sites (tertiary alicyclic amines) is 1. The van der Waals surface area contributed by atoms with E-state index in [4.69, 9.17) is 4.74 Å². The summed E-state index contributed by atoms with van der Waals surface area (Å²) in [6, 6.07) is -0.339. The van der Waals surface area contributed by atoms with Crippen molar-refractivity contribution < 1.29 is 19.4 Å². The molecule has 0 radical (unpaired) electrons. The van der Waals surface area contributed by atoms with Crippen LogP contribution < -0.4 is 0 Å². The van der Waals surface area contributed by atoms with Crippen molar-refractivity contribution in [2.75, 3.05) is 20.6 Å². The maximum absolute atomic E-state index is 12.1. The quantitative estimate of drug-likeness (QED) is 0.847. The van der Waals surface area contributed by atoms with Gasteiger partial charge in [0.05, 0.1) is 18.6 Å². The van der Waals surface area contributed by atoms with Crippen LogP contribution in [0.2, 0.25) is 0 Å². The molecule has 0 aromatic rings. The average molecular weight is 286 g/mol. The van der Waals surface area contributed by atoms with Crippen LogP contribution in [0, 0.1) is 0 Å². The lowest BCUT2D eigenvalue weighted by Gasteiger charge is -2.31. The summed E-state index contributed by atoms with van der Waals surface area (Å²) < 4.78 is 5.34. The predicted octanol–water partition coefficient (Wildman–Crippen LogP) is 1.23.